The van der Waals surface area contributed by atoms with Gasteiger partial charge in [-0.2, -0.15) is 0 Å². The van der Waals surface area contributed by atoms with E-state index in [1.807, 2.05) is 18.2 Å². The molecule has 0 saturated heterocycles. The van der Waals surface area contributed by atoms with Gasteiger partial charge in [-0.25, -0.2) is 0 Å². The van der Waals surface area contributed by atoms with Crippen molar-refractivity contribution in [3.05, 3.63) is 51.5 Å². The van der Waals surface area contributed by atoms with Gasteiger partial charge in [0.05, 0.1) is 20.8 Å². The molecule has 2 N–H and O–H groups in total. The van der Waals surface area contributed by atoms with E-state index in [-0.39, 0.29) is 0 Å². The summed E-state index contributed by atoms with van der Waals surface area (Å²) < 4.78 is 0. The third kappa shape index (κ3) is 3.02. The summed E-state index contributed by atoms with van der Waals surface area (Å²) in [5, 5.41) is 1.61. The van der Waals surface area contributed by atoms with Crippen LogP contribution in [0.3, 0.4) is 0 Å². The van der Waals surface area contributed by atoms with E-state index < -0.39 is 0 Å². The molecule has 0 aromatic heterocycles. The van der Waals surface area contributed by atoms with Crippen molar-refractivity contribution in [2.75, 3.05) is 5.73 Å². The largest absolute Gasteiger partial charge is 0.397 e. The zero-order valence-corrected chi connectivity index (χ0v) is 11.7. The summed E-state index contributed by atoms with van der Waals surface area (Å²) in [6, 6.07) is 11.0. The van der Waals surface area contributed by atoms with Gasteiger partial charge in [-0.3, -0.25) is 0 Å². The Balaban J connectivity index is 2.31. The Labute approximate surface area is 119 Å². The van der Waals surface area contributed by atoms with Crippen molar-refractivity contribution in [2.24, 2.45) is 0 Å². The molecule has 17 heavy (non-hydrogen) atoms. The Morgan fingerprint density at radius 2 is 1.65 bits per heavy atom. The van der Waals surface area contributed by atoms with Gasteiger partial charge in [0, 0.05) is 9.79 Å². The quantitative estimate of drug-likeness (QED) is 0.754. The molecule has 0 amide bonds. The number of rotatable bonds is 2. The van der Waals surface area contributed by atoms with Crippen molar-refractivity contribution in [2.45, 2.75) is 9.79 Å². The minimum atomic E-state index is 0.525. The van der Waals surface area contributed by atoms with Crippen LogP contribution in [0.1, 0.15) is 0 Å². The average Bonchev–Trinajstić information content (AvgIpc) is 2.30. The van der Waals surface area contributed by atoms with Crippen LogP contribution in [-0.2, 0) is 0 Å². The zero-order chi connectivity index (χ0) is 12.4. The van der Waals surface area contributed by atoms with Crippen molar-refractivity contribution in [3.63, 3.8) is 0 Å². The highest BCUT2D eigenvalue weighted by Gasteiger charge is 2.06. The number of nitrogen functional groups attached to an aromatic ring is 1. The molecule has 2 rings (SSSR count). The van der Waals surface area contributed by atoms with Gasteiger partial charge in [0.25, 0.3) is 0 Å². The summed E-state index contributed by atoms with van der Waals surface area (Å²) in [4.78, 5) is 1.87. The number of halogens is 3. The van der Waals surface area contributed by atoms with Crippen LogP contribution in [0.5, 0.6) is 0 Å². The third-order valence-electron chi connectivity index (χ3n) is 2.13. The Hall–Kier alpha value is -0.540. The first-order valence-electron chi connectivity index (χ1n) is 4.75. The highest BCUT2D eigenvalue weighted by Crippen LogP contribution is 2.37. The molecule has 0 unspecified atom stereocenters. The molecule has 0 bridgehead atoms. The highest BCUT2D eigenvalue weighted by molar-refractivity contribution is 7.99. The molecule has 0 radical (unpaired) electrons. The Morgan fingerprint density at radius 1 is 0.882 bits per heavy atom. The van der Waals surface area contributed by atoms with Crippen molar-refractivity contribution < 1.29 is 0 Å². The van der Waals surface area contributed by atoms with E-state index in [2.05, 4.69) is 0 Å². The fraction of sp³-hybridized carbons (Fsp3) is 0. The number of nitrogens with two attached hydrogens (primary N) is 1. The van der Waals surface area contributed by atoms with Crippen molar-refractivity contribution in [1.29, 1.82) is 0 Å². The first-order chi connectivity index (χ1) is 8.08. The molecule has 2 aromatic rings. The second-order valence-electron chi connectivity index (χ2n) is 3.33. The maximum Gasteiger partial charge on any atom is 0.0647 e. The van der Waals surface area contributed by atoms with E-state index in [9.17, 15) is 0 Å². The maximum absolute atomic E-state index is 5.95. The molecule has 0 aliphatic heterocycles. The number of benzene rings is 2. The molecule has 5 heteroatoms. The fourth-order valence-corrected chi connectivity index (χ4v) is 2.80. The number of anilines is 1. The van der Waals surface area contributed by atoms with Crippen molar-refractivity contribution >= 4 is 52.3 Å². The molecule has 2 aromatic carbocycles. The molecule has 0 saturated carbocycles. The summed E-state index contributed by atoms with van der Waals surface area (Å²) >= 11 is 19.3. The second kappa shape index (κ2) is 5.40. The van der Waals surface area contributed by atoms with E-state index in [0.29, 0.717) is 20.8 Å². The lowest BCUT2D eigenvalue weighted by atomic mass is 10.3. The monoisotopic (exact) mass is 303 g/mol. The fourth-order valence-electron chi connectivity index (χ4n) is 1.27. The van der Waals surface area contributed by atoms with Gasteiger partial charge < -0.3 is 5.73 Å². The molecule has 0 heterocycles. The van der Waals surface area contributed by atoms with Gasteiger partial charge in [-0.1, -0.05) is 52.6 Å². The molecule has 0 aliphatic rings. The lowest BCUT2D eigenvalue weighted by molar-refractivity contribution is 1.41. The minimum Gasteiger partial charge on any atom is -0.397 e. The predicted molar refractivity (Wildman–Crippen MR) is 76.4 cm³/mol. The van der Waals surface area contributed by atoms with Gasteiger partial charge in [0.15, 0.2) is 0 Å². The van der Waals surface area contributed by atoms with E-state index >= 15 is 0 Å². The molecule has 88 valence electrons. The normalized spacial score (nSPS) is 10.5. The lowest BCUT2D eigenvalue weighted by Crippen LogP contribution is -1.89. The molecule has 0 spiro atoms. The molecule has 1 nitrogen and oxygen atoms in total. The maximum atomic E-state index is 5.95. The van der Waals surface area contributed by atoms with Crippen LogP contribution < -0.4 is 5.73 Å². The van der Waals surface area contributed by atoms with E-state index in [1.165, 1.54) is 11.8 Å². The summed E-state index contributed by atoms with van der Waals surface area (Å²) in [7, 11) is 0. The summed E-state index contributed by atoms with van der Waals surface area (Å²) in [5.74, 6) is 0. The molecular formula is C12H8Cl3NS. The van der Waals surface area contributed by atoms with Gasteiger partial charge in [0.1, 0.15) is 0 Å². The van der Waals surface area contributed by atoms with Crippen LogP contribution in [0.2, 0.25) is 15.1 Å². The van der Waals surface area contributed by atoms with Crippen LogP contribution >= 0.6 is 46.6 Å². The standard InChI is InChI=1S/C12H8Cl3NS/c13-8-5-4-7(6-10(8)15)17-11-3-1-2-9(14)12(11)16/h1-6H,16H2. The van der Waals surface area contributed by atoms with Crippen LogP contribution in [0, 0.1) is 0 Å². The third-order valence-corrected chi connectivity index (χ3v) is 4.27. The molecule has 0 aliphatic carbocycles. The first-order valence-corrected chi connectivity index (χ1v) is 6.70. The van der Waals surface area contributed by atoms with Crippen LogP contribution in [-0.4, -0.2) is 0 Å². The topological polar surface area (TPSA) is 26.0 Å². The second-order valence-corrected chi connectivity index (χ2v) is 5.67. The summed E-state index contributed by atoms with van der Waals surface area (Å²) in [6.07, 6.45) is 0. The average molecular weight is 305 g/mol. The van der Waals surface area contributed by atoms with Gasteiger partial charge >= 0.3 is 0 Å². The summed E-state index contributed by atoms with van der Waals surface area (Å²) in [5.41, 5.74) is 6.46. The van der Waals surface area contributed by atoms with Crippen LogP contribution in [0.25, 0.3) is 0 Å². The lowest BCUT2D eigenvalue weighted by Gasteiger charge is -2.07. The van der Waals surface area contributed by atoms with Gasteiger partial charge in [-0.15, -0.1) is 0 Å². The Kier molecular flexibility index (Phi) is 4.10. The van der Waals surface area contributed by atoms with Crippen LogP contribution in [0.15, 0.2) is 46.2 Å². The number of hydrogen-bond acceptors (Lipinski definition) is 2. The Bertz CT molecular complexity index is 557. The van der Waals surface area contributed by atoms with Gasteiger partial charge in [-0.05, 0) is 30.3 Å². The van der Waals surface area contributed by atoms with E-state index in [0.717, 1.165) is 9.79 Å². The number of para-hydroxylation sites is 1. The Morgan fingerprint density at radius 3 is 2.35 bits per heavy atom. The smallest absolute Gasteiger partial charge is 0.0647 e. The number of hydrogen-bond donors (Lipinski definition) is 1. The van der Waals surface area contributed by atoms with Gasteiger partial charge in [0.2, 0.25) is 0 Å². The van der Waals surface area contributed by atoms with Crippen molar-refractivity contribution in [1.82, 2.24) is 0 Å². The molecule has 0 atom stereocenters. The molecule has 0 fully saturated rings. The first kappa shape index (κ1) is 12.9. The minimum absolute atomic E-state index is 0.525. The highest BCUT2D eigenvalue weighted by atomic mass is 35.5. The zero-order valence-electron chi connectivity index (χ0n) is 8.58. The van der Waals surface area contributed by atoms with Crippen LogP contribution in [0.4, 0.5) is 5.69 Å². The van der Waals surface area contributed by atoms with E-state index in [4.69, 9.17) is 40.5 Å². The summed E-state index contributed by atoms with van der Waals surface area (Å²) in [6.45, 7) is 0. The molecular weight excluding hydrogens is 297 g/mol. The SMILES string of the molecule is Nc1c(Cl)cccc1Sc1ccc(Cl)c(Cl)c1. The van der Waals surface area contributed by atoms with E-state index in [1.54, 1.807) is 18.2 Å². The predicted octanol–water partition coefficient (Wildman–Crippen LogP) is 5.38. The van der Waals surface area contributed by atoms with Crippen molar-refractivity contribution in [3.8, 4) is 0 Å².